The Morgan fingerprint density at radius 2 is 1.17 bits per heavy atom. The number of benzene rings is 8. The molecule has 1 heterocycles. The Labute approximate surface area is 310 Å². The van der Waals surface area contributed by atoms with Crippen LogP contribution in [0.25, 0.3) is 94.1 Å². The molecule has 1 nitrogen and oxygen atoms in total. The molecule has 0 N–H and O–H groups in total. The van der Waals surface area contributed by atoms with Crippen molar-refractivity contribution >= 4 is 49.6 Å². The lowest BCUT2D eigenvalue weighted by atomic mass is 9.81. The monoisotopic (exact) mass is 678 g/mol. The van der Waals surface area contributed by atoms with E-state index >= 15 is 0 Å². The van der Waals surface area contributed by atoms with E-state index in [-0.39, 0.29) is 5.41 Å². The minimum absolute atomic E-state index is 0.0274. The Morgan fingerprint density at radius 1 is 0.472 bits per heavy atom. The van der Waals surface area contributed by atoms with Gasteiger partial charge in [-0.1, -0.05) is 159 Å². The van der Waals surface area contributed by atoms with Crippen LogP contribution in [-0.2, 0) is 5.41 Å². The van der Waals surface area contributed by atoms with Crippen LogP contribution in [0, 0.1) is 0 Å². The largest absolute Gasteiger partial charge is 0.455 e. The van der Waals surface area contributed by atoms with Crippen molar-refractivity contribution < 1.29 is 4.42 Å². The van der Waals surface area contributed by atoms with Crippen LogP contribution in [0.4, 0.5) is 0 Å². The highest BCUT2D eigenvalue weighted by Gasteiger charge is 2.35. The van der Waals surface area contributed by atoms with E-state index in [1.54, 1.807) is 0 Å². The zero-order chi connectivity index (χ0) is 35.7. The highest BCUT2D eigenvalue weighted by Crippen LogP contribution is 2.50. The smallest absolute Gasteiger partial charge is 0.143 e. The van der Waals surface area contributed by atoms with E-state index < -0.39 is 0 Å². The second kappa shape index (κ2) is 12.1. The normalized spacial score (nSPS) is 13.6. The fraction of sp³-hybridized carbons (Fsp3) is 0.0769. The predicted octanol–water partition coefficient (Wildman–Crippen LogP) is 14.8. The molecule has 9 aromatic rings. The van der Waals surface area contributed by atoms with Gasteiger partial charge < -0.3 is 4.42 Å². The maximum absolute atomic E-state index is 6.48. The molecule has 1 aliphatic rings. The average Bonchev–Trinajstić information content (AvgIpc) is 3.69. The van der Waals surface area contributed by atoms with Gasteiger partial charge in [-0.15, -0.1) is 0 Å². The van der Waals surface area contributed by atoms with Crippen molar-refractivity contribution in [2.45, 2.75) is 26.2 Å². The van der Waals surface area contributed by atoms with E-state index in [2.05, 4.69) is 197 Å². The maximum Gasteiger partial charge on any atom is 0.143 e. The van der Waals surface area contributed by atoms with Crippen LogP contribution in [0.2, 0.25) is 0 Å². The lowest BCUT2D eigenvalue weighted by Gasteiger charge is -2.22. The van der Waals surface area contributed by atoms with Crippen molar-refractivity contribution in [2.24, 2.45) is 0 Å². The van der Waals surface area contributed by atoms with Gasteiger partial charge in [-0.25, -0.2) is 0 Å². The summed E-state index contributed by atoms with van der Waals surface area (Å²) in [5, 5.41) is 7.08. The van der Waals surface area contributed by atoms with E-state index in [1.807, 2.05) is 0 Å². The number of allylic oxidation sites excluding steroid dienone is 3. The van der Waals surface area contributed by atoms with Gasteiger partial charge in [0.25, 0.3) is 0 Å². The zero-order valence-electron chi connectivity index (χ0n) is 30.2. The molecule has 1 aliphatic carbocycles. The highest BCUT2D eigenvalue weighted by molar-refractivity contribution is 6.16. The molecule has 0 spiro atoms. The van der Waals surface area contributed by atoms with Crippen LogP contribution in [0.15, 0.2) is 174 Å². The summed E-state index contributed by atoms with van der Waals surface area (Å²) in [6.45, 7) is 6.75. The summed E-state index contributed by atoms with van der Waals surface area (Å²) in [5.74, 6) is 0. The Kier molecular flexibility index (Phi) is 7.13. The van der Waals surface area contributed by atoms with Crippen molar-refractivity contribution in [3.8, 4) is 44.5 Å². The van der Waals surface area contributed by atoms with E-state index in [0.717, 1.165) is 27.3 Å². The van der Waals surface area contributed by atoms with Crippen LogP contribution in [0.1, 0.15) is 37.5 Å². The molecule has 8 aromatic carbocycles. The molecule has 0 aliphatic heterocycles. The molecule has 1 aromatic heterocycles. The SMILES string of the molecule is C/C=C\C=C/c1cc(-c2ccc3oc4c5ccccc5ccc4c3c2)c2ccccc2c1-c1ccc(-c2ccc3c(c2)C(C)(C)c2ccccc2-3)cc1. The van der Waals surface area contributed by atoms with Gasteiger partial charge in [0.2, 0.25) is 0 Å². The third-order valence-electron chi connectivity index (χ3n) is 11.4. The molecular weight excluding hydrogens is 641 g/mol. The first-order chi connectivity index (χ1) is 26.0. The first kappa shape index (κ1) is 31.3. The van der Waals surface area contributed by atoms with Gasteiger partial charge in [0, 0.05) is 21.6 Å². The summed E-state index contributed by atoms with van der Waals surface area (Å²) in [6, 6.07) is 55.7. The Balaban J connectivity index is 1.10. The summed E-state index contributed by atoms with van der Waals surface area (Å²) in [6.07, 6.45) is 8.57. The quantitative estimate of drug-likeness (QED) is 0.165. The van der Waals surface area contributed by atoms with Crippen molar-refractivity contribution in [1.29, 1.82) is 0 Å². The third-order valence-corrected chi connectivity index (χ3v) is 11.4. The van der Waals surface area contributed by atoms with Crippen molar-refractivity contribution in [1.82, 2.24) is 0 Å². The number of rotatable bonds is 5. The summed E-state index contributed by atoms with van der Waals surface area (Å²) in [5.41, 5.74) is 15.8. The fourth-order valence-corrected chi connectivity index (χ4v) is 8.74. The molecular formula is C52H38O. The molecule has 0 fully saturated rings. The molecule has 0 saturated heterocycles. The summed E-state index contributed by atoms with van der Waals surface area (Å²) in [4.78, 5) is 0. The predicted molar refractivity (Wildman–Crippen MR) is 226 cm³/mol. The molecule has 53 heavy (non-hydrogen) atoms. The number of furan rings is 1. The highest BCUT2D eigenvalue weighted by atomic mass is 16.3. The summed E-state index contributed by atoms with van der Waals surface area (Å²) >= 11 is 0. The lowest BCUT2D eigenvalue weighted by Crippen LogP contribution is -2.14. The van der Waals surface area contributed by atoms with Gasteiger partial charge in [-0.05, 0) is 115 Å². The summed E-state index contributed by atoms with van der Waals surface area (Å²) < 4.78 is 6.48. The van der Waals surface area contributed by atoms with Gasteiger partial charge in [-0.3, -0.25) is 0 Å². The fourth-order valence-electron chi connectivity index (χ4n) is 8.74. The molecule has 0 radical (unpaired) electrons. The molecule has 1 heteroatoms. The maximum atomic E-state index is 6.48. The van der Waals surface area contributed by atoms with Gasteiger partial charge >= 0.3 is 0 Å². The van der Waals surface area contributed by atoms with Crippen molar-refractivity contribution in [3.05, 3.63) is 187 Å². The van der Waals surface area contributed by atoms with Crippen LogP contribution < -0.4 is 0 Å². The molecule has 10 rings (SSSR count). The van der Waals surface area contributed by atoms with Gasteiger partial charge in [0.05, 0.1) is 0 Å². The first-order valence-corrected chi connectivity index (χ1v) is 18.5. The Morgan fingerprint density at radius 3 is 2.02 bits per heavy atom. The van der Waals surface area contributed by atoms with Crippen LogP contribution >= 0.6 is 0 Å². The first-order valence-electron chi connectivity index (χ1n) is 18.5. The Bertz CT molecular complexity index is 2970. The minimum Gasteiger partial charge on any atom is -0.455 e. The summed E-state index contributed by atoms with van der Waals surface area (Å²) in [7, 11) is 0. The lowest BCUT2D eigenvalue weighted by molar-refractivity contribution is 0.660. The minimum atomic E-state index is -0.0274. The van der Waals surface area contributed by atoms with Crippen LogP contribution in [0.5, 0.6) is 0 Å². The number of hydrogen-bond donors (Lipinski definition) is 0. The molecule has 0 bridgehead atoms. The van der Waals surface area contributed by atoms with Gasteiger partial charge in [-0.2, -0.15) is 0 Å². The molecule has 0 unspecified atom stereocenters. The van der Waals surface area contributed by atoms with Crippen LogP contribution in [-0.4, -0.2) is 0 Å². The number of hydrogen-bond acceptors (Lipinski definition) is 1. The van der Waals surface area contributed by atoms with Crippen molar-refractivity contribution in [3.63, 3.8) is 0 Å². The van der Waals surface area contributed by atoms with Crippen LogP contribution in [0.3, 0.4) is 0 Å². The number of fused-ring (bicyclic) bond motifs is 9. The van der Waals surface area contributed by atoms with E-state index in [1.165, 1.54) is 77.4 Å². The standard InChI is InChI=1S/C52H38O/c1-4-5-6-14-38-31-45(37-26-29-49-46(30-37)44-28-24-34-13-7-8-15-39(34)51(44)53-49)40-16-9-10-18-43(40)50(38)35-22-20-33(21-23-35)36-25-27-42-41-17-11-12-19-47(41)52(2,3)48(42)32-36/h4-32H,1-3H3/b5-4-,14-6-. The average molecular weight is 679 g/mol. The third kappa shape index (κ3) is 4.92. The van der Waals surface area contributed by atoms with Gasteiger partial charge in [0.15, 0.2) is 0 Å². The molecule has 0 atom stereocenters. The molecule has 0 saturated carbocycles. The zero-order valence-corrected chi connectivity index (χ0v) is 30.2. The second-order valence-electron chi connectivity index (χ2n) is 14.8. The van der Waals surface area contributed by atoms with E-state index in [0.29, 0.717) is 0 Å². The van der Waals surface area contributed by atoms with Crippen molar-refractivity contribution in [2.75, 3.05) is 0 Å². The van der Waals surface area contributed by atoms with E-state index in [4.69, 9.17) is 4.42 Å². The molecule has 0 amide bonds. The van der Waals surface area contributed by atoms with E-state index in [9.17, 15) is 0 Å². The topological polar surface area (TPSA) is 13.1 Å². The molecule has 252 valence electrons. The second-order valence-corrected chi connectivity index (χ2v) is 14.8. The van der Waals surface area contributed by atoms with Gasteiger partial charge in [0.1, 0.15) is 11.2 Å². The Hall–Kier alpha value is -6.44.